The molecule has 18 heavy (non-hydrogen) atoms. The van der Waals surface area contributed by atoms with Crippen LogP contribution in [0.3, 0.4) is 0 Å². The highest BCUT2D eigenvalue weighted by atomic mass is 32.2. The molecule has 1 unspecified atom stereocenters. The van der Waals surface area contributed by atoms with Crippen LogP contribution in [-0.2, 0) is 20.7 Å². The SMILES string of the molecule is COC(=O)CC(C)SCc1nnc(C(C)(C)C)o1. The molecule has 0 saturated carbocycles. The van der Waals surface area contributed by atoms with Crippen molar-refractivity contribution in [3.8, 4) is 0 Å². The second-order valence-electron chi connectivity index (χ2n) is 5.15. The summed E-state index contributed by atoms with van der Waals surface area (Å²) in [6.07, 6.45) is 0.390. The fourth-order valence-electron chi connectivity index (χ4n) is 1.21. The second kappa shape index (κ2) is 6.22. The first kappa shape index (κ1) is 15.0. The molecule has 1 rings (SSSR count). The van der Waals surface area contributed by atoms with E-state index in [4.69, 9.17) is 4.42 Å². The Morgan fingerprint density at radius 3 is 2.61 bits per heavy atom. The standard InChI is InChI=1S/C12H20N2O3S/c1-8(6-10(15)16-5)18-7-9-13-14-11(17-9)12(2,3)4/h8H,6-7H2,1-5H3. The Bertz CT molecular complexity index is 398. The number of aromatic nitrogens is 2. The molecule has 0 aliphatic carbocycles. The third-order valence-corrected chi connectivity index (χ3v) is 3.43. The molecule has 0 amide bonds. The van der Waals surface area contributed by atoms with E-state index in [0.29, 0.717) is 24.0 Å². The molecular weight excluding hydrogens is 252 g/mol. The molecule has 0 spiro atoms. The van der Waals surface area contributed by atoms with E-state index in [1.54, 1.807) is 11.8 Å². The van der Waals surface area contributed by atoms with Crippen molar-refractivity contribution in [2.45, 2.75) is 50.5 Å². The fraction of sp³-hybridized carbons (Fsp3) is 0.750. The van der Waals surface area contributed by atoms with Crippen LogP contribution < -0.4 is 0 Å². The molecule has 1 heterocycles. The number of ether oxygens (including phenoxy) is 1. The summed E-state index contributed by atoms with van der Waals surface area (Å²) >= 11 is 1.60. The van der Waals surface area contributed by atoms with Gasteiger partial charge < -0.3 is 9.15 Å². The van der Waals surface area contributed by atoms with Crippen molar-refractivity contribution in [2.24, 2.45) is 0 Å². The number of esters is 1. The smallest absolute Gasteiger partial charge is 0.306 e. The molecule has 0 radical (unpaired) electrons. The van der Waals surface area contributed by atoms with Gasteiger partial charge in [0.05, 0.1) is 19.3 Å². The summed E-state index contributed by atoms with van der Waals surface area (Å²) in [5, 5.41) is 8.19. The number of thioether (sulfide) groups is 1. The first-order valence-corrected chi connectivity index (χ1v) is 6.89. The van der Waals surface area contributed by atoms with Gasteiger partial charge in [0.2, 0.25) is 11.8 Å². The van der Waals surface area contributed by atoms with Crippen LogP contribution in [0.25, 0.3) is 0 Å². The van der Waals surface area contributed by atoms with E-state index in [0.717, 1.165) is 0 Å². The summed E-state index contributed by atoms with van der Waals surface area (Å²) in [6, 6.07) is 0. The second-order valence-corrected chi connectivity index (χ2v) is 6.58. The Morgan fingerprint density at radius 1 is 1.44 bits per heavy atom. The van der Waals surface area contributed by atoms with Gasteiger partial charge in [0.25, 0.3) is 0 Å². The van der Waals surface area contributed by atoms with E-state index in [2.05, 4.69) is 14.9 Å². The molecule has 1 atom stereocenters. The Hall–Kier alpha value is -1.04. The van der Waals surface area contributed by atoms with Crippen molar-refractivity contribution in [1.82, 2.24) is 10.2 Å². The predicted octanol–water partition coefficient (Wildman–Crippen LogP) is 2.55. The summed E-state index contributed by atoms with van der Waals surface area (Å²) in [7, 11) is 1.40. The number of hydrogen-bond donors (Lipinski definition) is 0. The minimum Gasteiger partial charge on any atom is -0.469 e. The average Bonchev–Trinajstić information content (AvgIpc) is 2.74. The lowest BCUT2D eigenvalue weighted by Gasteiger charge is -2.11. The van der Waals surface area contributed by atoms with Gasteiger partial charge in [0, 0.05) is 10.7 Å². The van der Waals surface area contributed by atoms with Gasteiger partial charge in [-0.2, -0.15) is 0 Å². The first-order chi connectivity index (χ1) is 8.32. The van der Waals surface area contributed by atoms with Crippen LogP contribution in [0, 0.1) is 0 Å². The molecule has 0 aliphatic rings. The van der Waals surface area contributed by atoms with Gasteiger partial charge in [-0.1, -0.05) is 27.7 Å². The highest BCUT2D eigenvalue weighted by molar-refractivity contribution is 7.99. The van der Waals surface area contributed by atoms with Gasteiger partial charge in [-0.05, 0) is 0 Å². The average molecular weight is 272 g/mol. The molecule has 5 nitrogen and oxygen atoms in total. The molecule has 1 aromatic rings. The molecule has 0 bridgehead atoms. The van der Waals surface area contributed by atoms with Crippen LogP contribution >= 0.6 is 11.8 Å². The number of hydrogen-bond acceptors (Lipinski definition) is 6. The van der Waals surface area contributed by atoms with Crippen LogP contribution in [0.1, 0.15) is 45.9 Å². The van der Waals surface area contributed by atoms with Crippen molar-refractivity contribution in [3.05, 3.63) is 11.8 Å². The van der Waals surface area contributed by atoms with E-state index in [1.807, 2.05) is 27.7 Å². The fourth-order valence-corrected chi connectivity index (χ4v) is 2.00. The molecule has 0 aromatic carbocycles. The van der Waals surface area contributed by atoms with Crippen molar-refractivity contribution in [3.63, 3.8) is 0 Å². The van der Waals surface area contributed by atoms with Gasteiger partial charge >= 0.3 is 5.97 Å². The summed E-state index contributed by atoms with van der Waals surface area (Å²) in [5.74, 6) is 1.65. The minimum atomic E-state index is -0.198. The minimum absolute atomic E-state index is 0.131. The monoisotopic (exact) mass is 272 g/mol. The third kappa shape index (κ3) is 4.68. The number of rotatable bonds is 5. The van der Waals surface area contributed by atoms with Gasteiger partial charge in [-0.15, -0.1) is 22.0 Å². The Labute approximate surface area is 112 Å². The molecule has 0 saturated heterocycles. The number of methoxy groups -OCH3 is 1. The van der Waals surface area contributed by atoms with E-state index in [-0.39, 0.29) is 16.6 Å². The van der Waals surface area contributed by atoms with Gasteiger partial charge in [0.1, 0.15) is 0 Å². The molecule has 102 valence electrons. The normalized spacial score (nSPS) is 13.4. The third-order valence-electron chi connectivity index (χ3n) is 2.28. The van der Waals surface area contributed by atoms with Crippen molar-refractivity contribution >= 4 is 17.7 Å². The molecule has 0 aliphatic heterocycles. The number of nitrogens with zero attached hydrogens (tertiary/aromatic N) is 2. The Morgan fingerprint density at radius 2 is 2.11 bits per heavy atom. The van der Waals surface area contributed by atoms with E-state index in [9.17, 15) is 4.79 Å². The Balaban J connectivity index is 2.44. The van der Waals surface area contributed by atoms with Gasteiger partial charge in [-0.3, -0.25) is 4.79 Å². The van der Waals surface area contributed by atoms with Crippen molar-refractivity contribution < 1.29 is 13.9 Å². The van der Waals surface area contributed by atoms with Crippen molar-refractivity contribution in [2.75, 3.05) is 7.11 Å². The summed E-state index contributed by atoms with van der Waals surface area (Å²) in [5.41, 5.74) is -0.131. The quantitative estimate of drug-likeness (QED) is 0.767. The summed E-state index contributed by atoms with van der Waals surface area (Å²) in [6.45, 7) is 8.05. The van der Waals surface area contributed by atoms with Crippen LogP contribution in [0.4, 0.5) is 0 Å². The van der Waals surface area contributed by atoms with Crippen LogP contribution in [-0.4, -0.2) is 28.5 Å². The number of carbonyl (C=O) groups is 1. The molecular formula is C12H20N2O3S. The topological polar surface area (TPSA) is 65.2 Å². The first-order valence-electron chi connectivity index (χ1n) is 5.84. The molecule has 0 fully saturated rings. The van der Waals surface area contributed by atoms with Crippen molar-refractivity contribution in [1.29, 1.82) is 0 Å². The molecule has 0 N–H and O–H groups in total. The van der Waals surface area contributed by atoms with Gasteiger partial charge in [-0.25, -0.2) is 0 Å². The van der Waals surface area contributed by atoms with Crippen LogP contribution in [0.15, 0.2) is 4.42 Å². The maximum atomic E-state index is 11.1. The highest BCUT2D eigenvalue weighted by Gasteiger charge is 2.21. The maximum Gasteiger partial charge on any atom is 0.306 e. The zero-order valence-electron chi connectivity index (χ0n) is 11.5. The zero-order chi connectivity index (χ0) is 13.8. The lowest BCUT2D eigenvalue weighted by atomic mass is 9.97. The predicted molar refractivity (Wildman–Crippen MR) is 70.4 cm³/mol. The summed E-state index contributed by atoms with van der Waals surface area (Å²) in [4.78, 5) is 11.1. The number of carbonyl (C=O) groups excluding carboxylic acids is 1. The maximum absolute atomic E-state index is 11.1. The lowest BCUT2D eigenvalue weighted by molar-refractivity contribution is -0.140. The largest absolute Gasteiger partial charge is 0.469 e. The summed E-state index contributed by atoms with van der Waals surface area (Å²) < 4.78 is 10.2. The van der Waals surface area contributed by atoms with E-state index in [1.165, 1.54) is 7.11 Å². The van der Waals surface area contributed by atoms with E-state index < -0.39 is 0 Å². The zero-order valence-corrected chi connectivity index (χ0v) is 12.3. The highest BCUT2D eigenvalue weighted by Crippen LogP contribution is 2.24. The van der Waals surface area contributed by atoms with Crippen LogP contribution in [0.2, 0.25) is 0 Å². The lowest BCUT2D eigenvalue weighted by Crippen LogP contribution is -2.11. The van der Waals surface area contributed by atoms with Gasteiger partial charge in [0.15, 0.2) is 0 Å². The molecule has 6 heteroatoms. The Kier molecular flexibility index (Phi) is 5.19. The molecule has 1 aromatic heterocycles. The van der Waals surface area contributed by atoms with E-state index >= 15 is 0 Å². The van der Waals surface area contributed by atoms with Crippen LogP contribution in [0.5, 0.6) is 0 Å².